The van der Waals surface area contributed by atoms with Gasteiger partial charge in [0.2, 0.25) is 11.8 Å². The van der Waals surface area contributed by atoms with E-state index in [0.29, 0.717) is 21.9 Å². The number of alkyl halides is 1. The molecule has 0 atom stereocenters. The summed E-state index contributed by atoms with van der Waals surface area (Å²) in [6, 6.07) is 7.91. The van der Waals surface area contributed by atoms with E-state index in [9.17, 15) is 9.59 Å². The fourth-order valence-corrected chi connectivity index (χ4v) is 4.79. The smallest absolute Gasteiger partial charge is 0.229 e. The average Bonchev–Trinajstić information content (AvgIpc) is 3.14. The molecule has 0 saturated carbocycles. The molecule has 0 N–H and O–H groups in total. The summed E-state index contributed by atoms with van der Waals surface area (Å²) in [6.45, 7) is 4.24. The topological polar surface area (TPSA) is 75.6 Å². The number of benzene rings is 1. The number of ether oxygens (including phenoxy) is 1. The first-order chi connectivity index (χ1) is 16.4. The summed E-state index contributed by atoms with van der Waals surface area (Å²) in [6.07, 6.45) is 7.69. The minimum atomic E-state index is -0.181. The monoisotopic (exact) mass is 590 g/mol. The van der Waals surface area contributed by atoms with Crippen LogP contribution in [0.1, 0.15) is 36.6 Å². The number of halogens is 2. The number of nitrogens with zero attached hydrogens (tertiary/aromatic N) is 4. The number of para-hydroxylation sites is 1. The van der Waals surface area contributed by atoms with Gasteiger partial charge in [-0.15, -0.1) is 0 Å². The Kier molecular flexibility index (Phi) is 7.67. The number of hydrogen-bond acceptors (Lipinski definition) is 6. The van der Waals surface area contributed by atoms with Crippen LogP contribution in [0.2, 0.25) is 5.02 Å². The van der Waals surface area contributed by atoms with E-state index < -0.39 is 0 Å². The minimum Gasteiger partial charge on any atom is -0.487 e. The Labute approximate surface area is 216 Å². The van der Waals surface area contributed by atoms with E-state index in [1.165, 1.54) is 11.1 Å². The van der Waals surface area contributed by atoms with Crippen molar-refractivity contribution in [2.45, 2.75) is 39.8 Å². The standard InChI is InChI=1S/C25H24ClIN4O3/c1-3-9-30(15-27)21-10-16(2)29-25-18(21)5-4-6-22(25)34-14-19-17(11-28-12-20(19)26)13-31-23(32)7-8-24(31)33/h3-6,9-12H,7-8,13-15H2,1-2H3/b9-3-. The number of anilines is 1. The molecule has 1 aliphatic rings. The lowest BCUT2D eigenvalue weighted by Gasteiger charge is -2.21. The van der Waals surface area contributed by atoms with E-state index in [4.69, 9.17) is 21.3 Å². The first-order valence-corrected chi connectivity index (χ1v) is 12.8. The van der Waals surface area contributed by atoms with Gasteiger partial charge in [-0.3, -0.25) is 19.5 Å². The quantitative estimate of drug-likeness (QED) is 0.148. The van der Waals surface area contributed by atoms with Gasteiger partial charge in [0.25, 0.3) is 0 Å². The summed E-state index contributed by atoms with van der Waals surface area (Å²) in [7, 11) is 0. The number of carbonyl (C=O) groups excluding carboxylic acids is 2. The molecule has 1 fully saturated rings. The summed E-state index contributed by atoms with van der Waals surface area (Å²) >= 11 is 8.79. The number of likely N-dealkylation sites (tertiary alicyclic amines) is 1. The number of aryl methyl sites for hydroxylation is 1. The summed E-state index contributed by atoms with van der Waals surface area (Å²) in [5, 5.41) is 1.40. The van der Waals surface area contributed by atoms with E-state index in [1.54, 1.807) is 6.20 Å². The van der Waals surface area contributed by atoms with Gasteiger partial charge in [0.05, 0.1) is 21.8 Å². The maximum Gasteiger partial charge on any atom is 0.229 e. The number of fused-ring (bicyclic) bond motifs is 1. The Hall–Kier alpha value is -2.72. The zero-order chi connectivity index (χ0) is 24.2. The Morgan fingerprint density at radius 1 is 1.24 bits per heavy atom. The fourth-order valence-electron chi connectivity index (χ4n) is 3.97. The molecule has 0 unspecified atom stereocenters. The Morgan fingerprint density at radius 2 is 2.00 bits per heavy atom. The highest BCUT2D eigenvalue weighted by Crippen LogP contribution is 2.34. The molecule has 0 aliphatic carbocycles. The first kappa shape index (κ1) is 24.4. The molecule has 7 nitrogen and oxygen atoms in total. The van der Waals surface area contributed by atoms with Crippen molar-refractivity contribution >= 4 is 62.6 Å². The van der Waals surface area contributed by atoms with E-state index in [0.717, 1.165) is 26.8 Å². The van der Waals surface area contributed by atoms with Crippen molar-refractivity contribution in [3.05, 3.63) is 70.8 Å². The lowest BCUT2D eigenvalue weighted by Crippen LogP contribution is -2.29. The SMILES string of the molecule is C/C=C\N(CI)c1cc(C)nc2c(OCc3c(Cl)cncc3CN3C(=O)CCC3=O)cccc12. The number of hydrogen-bond donors (Lipinski definition) is 0. The van der Waals surface area contributed by atoms with Crippen LogP contribution < -0.4 is 9.64 Å². The van der Waals surface area contributed by atoms with Crippen LogP contribution in [0.3, 0.4) is 0 Å². The predicted molar refractivity (Wildman–Crippen MR) is 141 cm³/mol. The molecule has 3 heterocycles. The molecule has 1 aromatic carbocycles. The maximum atomic E-state index is 12.1. The Balaban J connectivity index is 1.67. The molecule has 1 aliphatic heterocycles. The van der Waals surface area contributed by atoms with E-state index in [-0.39, 0.29) is 37.8 Å². The molecule has 2 aromatic heterocycles. The second-order valence-corrected chi connectivity index (χ2v) is 9.02. The molecule has 0 spiro atoms. The molecule has 1 saturated heterocycles. The lowest BCUT2D eigenvalue weighted by molar-refractivity contribution is -0.139. The van der Waals surface area contributed by atoms with Gasteiger partial charge >= 0.3 is 0 Å². The van der Waals surface area contributed by atoms with Crippen molar-refractivity contribution in [3.63, 3.8) is 0 Å². The van der Waals surface area contributed by atoms with Crippen LogP contribution in [0.5, 0.6) is 5.75 Å². The maximum absolute atomic E-state index is 12.1. The van der Waals surface area contributed by atoms with Crippen molar-refractivity contribution in [3.8, 4) is 5.75 Å². The van der Waals surface area contributed by atoms with E-state index >= 15 is 0 Å². The third-order valence-corrected chi connectivity index (χ3v) is 6.69. The van der Waals surface area contributed by atoms with Crippen LogP contribution >= 0.6 is 34.2 Å². The number of amides is 2. The normalized spacial score (nSPS) is 13.9. The zero-order valence-electron chi connectivity index (χ0n) is 18.9. The highest BCUT2D eigenvalue weighted by atomic mass is 127. The summed E-state index contributed by atoms with van der Waals surface area (Å²) in [5.41, 5.74) is 4.07. The Bertz CT molecular complexity index is 1260. The molecule has 0 radical (unpaired) electrons. The average molecular weight is 591 g/mol. The van der Waals surface area contributed by atoms with Gasteiger partial charge < -0.3 is 9.64 Å². The number of pyridine rings is 2. The fraction of sp³-hybridized carbons (Fsp3) is 0.280. The molecular formula is C25H24ClIN4O3. The van der Waals surface area contributed by atoms with Crippen molar-refractivity contribution in [1.82, 2.24) is 14.9 Å². The zero-order valence-corrected chi connectivity index (χ0v) is 21.8. The first-order valence-electron chi connectivity index (χ1n) is 10.9. The van der Waals surface area contributed by atoms with Crippen molar-refractivity contribution in [2.75, 3.05) is 9.45 Å². The summed E-state index contributed by atoms with van der Waals surface area (Å²) in [4.78, 5) is 36.5. The van der Waals surface area contributed by atoms with Crippen LogP contribution in [0.4, 0.5) is 5.69 Å². The van der Waals surface area contributed by atoms with Gasteiger partial charge in [0.15, 0.2) is 0 Å². The summed E-state index contributed by atoms with van der Waals surface area (Å²) in [5.74, 6) is 0.265. The molecule has 9 heteroatoms. The van der Waals surface area contributed by atoms with E-state index in [2.05, 4.69) is 38.5 Å². The van der Waals surface area contributed by atoms with Crippen molar-refractivity contribution in [1.29, 1.82) is 0 Å². The predicted octanol–water partition coefficient (Wildman–Crippen LogP) is 5.55. The number of rotatable bonds is 8. The third-order valence-electron chi connectivity index (χ3n) is 5.63. The molecule has 4 rings (SSSR count). The van der Waals surface area contributed by atoms with Gasteiger partial charge in [-0.05, 0) is 31.5 Å². The van der Waals surface area contributed by atoms with Gasteiger partial charge in [0.1, 0.15) is 17.9 Å². The van der Waals surface area contributed by atoms with Crippen LogP contribution in [-0.4, -0.2) is 31.2 Å². The number of aromatic nitrogens is 2. The third kappa shape index (κ3) is 5.02. The largest absolute Gasteiger partial charge is 0.487 e. The van der Waals surface area contributed by atoms with E-state index in [1.807, 2.05) is 44.3 Å². The number of carbonyl (C=O) groups is 2. The molecule has 2 amide bonds. The highest BCUT2D eigenvalue weighted by molar-refractivity contribution is 14.1. The van der Waals surface area contributed by atoms with Crippen LogP contribution in [0.25, 0.3) is 10.9 Å². The van der Waals surface area contributed by atoms with Crippen LogP contribution in [0.15, 0.2) is 48.9 Å². The second kappa shape index (κ2) is 10.7. The molecule has 0 bridgehead atoms. The second-order valence-electron chi connectivity index (χ2n) is 7.93. The van der Waals surface area contributed by atoms with Gasteiger partial charge in [-0.2, -0.15) is 0 Å². The molecule has 176 valence electrons. The summed E-state index contributed by atoms with van der Waals surface area (Å²) < 4.78 is 7.01. The van der Waals surface area contributed by atoms with Crippen molar-refractivity contribution in [2.24, 2.45) is 0 Å². The molecule has 34 heavy (non-hydrogen) atoms. The lowest BCUT2D eigenvalue weighted by atomic mass is 10.1. The van der Waals surface area contributed by atoms with Gasteiger partial charge in [-0.25, -0.2) is 4.98 Å². The number of imide groups is 1. The van der Waals surface area contributed by atoms with Crippen LogP contribution in [0, 0.1) is 6.92 Å². The molecule has 3 aromatic rings. The minimum absolute atomic E-state index is 0.134. The van der Waals surface area contributed by atoms with Crippen molar-refractivity contribution < 1.29 is 14.3 Å². The highest BCUT2D eigenvalue weighted by Gasteiger charge is 2.29. The number of allylic oxidation sites excluding steroid dienone is 1. The molecular weight excluding hydrogens is 567 g/mol. The van der Waals surface area contributed by atoms with Gasteiger partial charge in [-0.1, -0.05) is 52.4 Å². The van der Waals surface area contributed by atoms with Gasteiger partial charge in [0, 0.05) is 48.1 Å². The van der Waals surface area contributed by atoms with Crippen LogP contribution in [-0.2, 0) is 22.7 Å². The Morgan fingerprint density at radius 3 is 2.71 bits per heavy atom.